The van der Waals surface area contributed by atoms with Gasteiger partial charge in [-0.1, -0.05) is 48.5 Å². The fourth-order valence-electron chi connectivity index (χ4n) is 3.97. The Kier molecular flexibility index (Phi) is 8.34. The highest BCUT2D eigenvalue weighted by Crippen LogP contribution is 2.44. The molecule has 0 spiro atoms. The van der Waals surface area contributed by atoms with Crippen molar-refractivity contribution < 1.29 is 42.1 Å². The van der Waals surface area contributed by atoms with Crippen LogP contribution in [0.2, 0.25) is 0 Å². The maximum absolute atomic E-state index is 12.7. The minimum Gasteiger partial charge on any atom is -0.481 e. The summed E-state index contributed by atoms with van der Waals surface area (Å²) < 4.78 is 48.5. The van der Waals surface area contributed by atoms with E-state index in [-0.39, 0.29) is 25.5 Å². The maximum Gasteiger partial charge on any atom is 0.407 e. The summed E-state index contributed by atoms with van der Waals surface area (Å²) in [5.74, 6) is -5.87. The predicted molar refractivity (Wildman–Crippen MR) is 119 cm³/mol. The first kappa shape index (κ1) is 26.0. The molecule has 0 aromatic heterocycles. The Hall–Kier alpha value is -3.60. The largest absolute Gasteiger partial charge is 0.481 e. The van der Waals surface area contributed by atoms with Crippen molar-refractivity contribution in [1.29, 1.82) is 0 Å². The third-order valence-electron chi connectivity index (χ3n) is 5.77. The molecule has 0 bridgehead atoms. The normalized spacial score (nSPS) is 14.4. The van der Waals surface area contributed by atoms with E-state index in [0.717, 1.165) is 22.3 Å². The summed E-state index contributed by atoms with van der Waals surface area (Å²) >= 11 is 0. The molecule has 2 atom stereocenters. The number of alkyl carbamates (subject to hydrolysis) is 1. The van der Waals surface area contributed by atoms with E-state index in [4.69, 9.17) is 14.6 Å². The second kappa shape index (κ2) is 11.2. The van der Waals surface area contributed by atoms with Crippen LogP contribution >= 0.6 is 0 Å². The number of hydrogen-bond donors (Lipinski definition) is 3. The third-order valence-corrected chi connectivity index (χ3v) is 5.77. The standard InChI is InChI=1S/C24H25F3N2O6/c1-34-20(21(30)29-12-19(22(31)32)24(25,26)27)10-11-28-23(33)35-13-18-16-8-4-2-6-14(16)15-7-3-5-9-17(15)18/h2-9,18-20H,10-13H2,1H3,(H,28,33)(H,29,30)(H,31,32). The zero-order valence-electron chi connectivity index (χ0n) is 18.8. The van der Waals surface area contributed by atoms with Crippen molar-refractivity contribution in [1.82, 2.24) is 10.6 Å². The van der Waals surface area contributed by atoms with Gasteiger partial charge in [0, 0.05) is 32.5 Å². The number of carbonyl (C=O) groups excluding carboxylic acids is 2. The molecular formula is C24H25F3N2O6. The Bertz CT molecular complexity index is 1030. The van der Waals surface area contributed by atoms with Gasteiger partial charge in [-0.3, -0.25) is 9.59 Å². The fraction of sp³-hybridized carbons (Fsp3) is 0.375. The molecule has 2 amide bonds. The molecule has 0 aliphatic heterocycles. The van der Waals surface area contributed by atoms with Crippen LogP contribution in [0.25, 0.3) is 11.1 Å². The lowest BCUT2D eigenvalue weighted by molar-refractivity contribution is -0.192. The maximum atomic E-state index is 12.7. The molecule has 8 nitrogen and oxygen atoms in total. The monoisotopic (exact) mass is 494 g/mol. The number of methoxy groups -OCH3 is 1. The molecule has 2 aromatic rings. The lowest BCUT2D eigenvalue weighted by atomic mass is 9.98. The van der Waals surface area contributed by atoms with Gasteiger partial charge in [-0.05, 0) is 22.3 Å². The van der Waals surface area contributed by atoms with E-state index < -0.39 is 42.7 Å². The molecule has 1 aliphatic rings. The van der Waals surface area contributed by atoms with Crippen LogP contribution in [-0.2, 0) is 19.1 Å². The summed E-state index contributed by atoms with van der Waals surface area (Å²) in [6.07, 6.45) is -6.97. The van der Waals surface area contributed by atoms with Crippen LogP contribution in [0.3, 0.4) is 0 Å². The molecule has 0 heterocycles. The predicted octanol–water partition coefficient (Wildman–Crippen LogP) is 3.31. The number of carboxylic acids is 1. The Morgan fingerprint density at radius 1 is 1.00 bits per heavy atom. The van der Waals surface area contributed by atoms with Gasteiger partial charge in [-0.15, -0.1) is 0 Å². The van der Waals surface area contributed by atoms with Crippen molar-refractivity contribution in [2.45, 2.75) is 24.6 Å². The highest BCUT2D eigenvalue weighted by atomic mass is 19.4. The van der Waals surface area contributed by atoms with Gasteiger partial charge in [0.25, 0.3) is 0 Å². The topological polar surface area (TPSA) is 114 Å². The molecule has 0 fully saturated rings. The van der Waals surface area contributed by atoms with Gasteiger partial charge >= 0.3 is 18.2 Å². The number of ether oxygens (including phenoxy) is 2. The van der Waals surface area contributed by atoms with Gasteiger partial charge in [0.15, 0.2) is 5.92 Å². The minimum atomic E-state index is -5.01. The van der Waals surface area contributed by atoms with E-state index in [1.54, 1.807) is 0 Å². The average molecular weight is 494 g/mol. The molecule has 1 aliphatic carbocycles. The van der Waals surface area contributed by atoms with Gasteiger partial charge in [0.2, 0.25) is 5.91 Å². The fourth-order valence-corrected chi connectivity index (χ4v) is 3.97. The van der Waals surface area contributed by atoms with Crippen molar-refractivity contribution in [2.24, 2.45) is 5.92 Å². The number of alkyl halides is 3. The third kappa shape index (κ3) is 6.30. The summed E-state index contributed by atoms with van der Waals surface area (Å²) in [6, 6.07) is 15.7. The highest BCUT2D eigenvalue weighted by molar-refractivity contribution is 5.82. The smallest absolute Gasteiger partial charge is 0.407 e. The summed E-state index contributed by atoms with van der Waals surface area (Å²) in [7, 11) is 1.18. The molecule has 0 radical (unpaired) electrons. The Balaban J connectivity index is 1.47. The number of aliphatic carboxylic acids is 1. The van der Waals surface area contributed by atoms with Crippen molar-refractivity contribution in [2.75, 3.05) is 26.8 Å². The molecule has 11 heteroatoms. The van der Waals surface area contributed by atoms with Crippen molar-refractivity contribution in [3.8, 4) is 11.1 Å². The lowest BCUT2D eigenvalue weighted by Gasteiger charge is -2.19. The number of carbonyl (C=O) groups is 3. The van der Waals surface area contributed by atoms with Crippen LogP contribution in [0.4, 0.5) is 18.0 Å². The number of nitrogens with one attached hydrogen (secondary N) is 2. The van der Waals surface area contributed by atoms with Crippen molar-refractivity contribution in [3.05, 3.63) is 59.7 Å². The Labute approximate surface area is 199 Å². The molecule has 2 unspecified atom stereocenters. The van der Waals surface area contributed by atoms with Crippen LogP contribution in [-0.4, -0.2) is 62.2 Å². The number of hydrogen-bond acceptors (Lipinski definition) is 5. The molecular weight excluding hydrogens is 469 g/mol. The molecule has 0 saturated heterocycles. The van der Waals surface area contributed by atoms with Crippen LogP contribution in [0.1, 0.15) is 23.5 Å². The Morgan fingerprint density at radius 2 is 1.57 bits per heavy atom. The summed E-state index contributed by atoms with van der Waals surface area (Å²) in [5.41, 5.74) is 4.27. The van der Waals surface area contributed by atoms with Crippen LogP contribution in [0.5, 0.6) is 0 Å². The molecule has 3 rings (SSSR count). The van der Waals surface area contributed by atoms with Gasteiger partial charge < -0.3 is 25.2 Å². The van der Waals surface area contributed by atoms with Gasteiger partial charge in [-0.2, -0.15) is 13.2 Å². The van der Waals surface area contributed by atoms with Crippen LogP contribution in [0, 0.1) is 5.92 Å². The van der Waals surface area contributed by atoms with Crippen LogP contribution < -0.4 is 10.6 Å². The Morgan fingerprint density at radius 3 is 2.09 bits per heavy atom. The van der Waals surface area contributed by atoms with Crippen molar-refractivity contribution >= 4 is 18.0 Å². The van der Waals surface area contributed by atoms with E-state index in [9.17, 15) is 27.6 Å². The SMILES string of the molecule is COC(CCNC(=O)OCC1c2ccccc2-c2ccccc21)C(=O)NCC(C(=O)O)C(F)(F)F. The number of amides is 2. The molecule has 188 valence electrons. The zero-order chi connectivity index (χ0) is 25.6. The number of benzene rings is 2. The first-order valence-corrected chi connectivity index (χ1v) is 10.8. The van der Waals surface area contributed by atoms with Gasteiger partial charge in [0.1, 0.15) is 12.7 Å². The highest BCUT2D eigenvalue weighted by Gasteiger charge is 2.45. The molecule has 2 aromatic carbocycles. The summed E-state index contributed by atoms with van der Waals surface area (Å²) in [5, 5.41) is 13.1. The first-order valence-electron chi connectivity index (χ1n) is 10.8. The number of carboxylic acid groups (broad SMARTS) is 1. The second-order valence-corrected chi connectivity index (χ2v) is 7.94. The first-order chi connectivity index (χ1) is 16.6. The molecule has 0 saturated carbocycles. The minimum absolute atomic E-state index is 0.0514. The lowest BCUT2D eigenvalue weighted by Crippen LogP contribution is -2.45. The van der Waals surface area contributed by atoms with E-state index in [0.29, 0.717) is 0 Å². The average Bonchev–Trinajstić information content (AvgIpc) is 3.13. The quantitative estimate of drug-likeness (QED) is 0.467. The molecule has 35 heavy (non-hydrogen) atoms. The summed E-state index contributed by atoms with van der Waals surface area (Å²) in [4.78, 5) is 35.1. The molecule has 3 N–H and O–H groups in total. The van der Waals surface area contributed by atoms with Crippen LogP contribution in [0.15, 0.2) is 48.5 Å². The number of halogens is 3. The van der Waals surface area contributed by atoms with E-state index in [1.807, 2.05) is 53.8 Å². The van der Waals surface area contributed by atoms with E-state index in [2.05, 4.69) is 5.32 Å². The van der Waals surface area contributed by atoms with Gasteiger partial charge in [-0.25, -0.2) is 4.79 Å². The van der Waals surface area contributed by atoms with E-state index in [1.165, 1.54) is 7.11 Å². The second-order valence-electron chi connectivity index (χ2n) is 7.94. The number of fused-ring (bicyclic) bond motifs is 3. The van der Waals surface area contributed by atoms with Crippen molar-refractivity contribution in [3.63, 3.8) is 0 Å². The van der Waals surface area contributed by atoms with E-state index >= 15 is 0 Å². The zero-order valence-corrected chi connectivity index (χ0v) is 18.8. The number of rotatable bonds is 10. The summed E-state index contributed by atoms with van der Waals surface area (Å²) in [6.45, 7) is -1.08. The van der Waals surface area contributed by atoms with Gasteiger partial charge in [0.05, 0.1) is 0 Å².